The van der Waals surface area contributed by atoms with Crippen molar-refractivity contribution >= 4 is 5.69 Å². The van der Waals surface area contributed by atoms with Crippen LogP contribution in [0.2, 0.25) is 0 Å². The number of aromatic hydroxyl groups is 1. The van der Waals surface area contributed by atoms with Gasteiger partial charge in [0, 0.05) is 11.8 Å². The maximum atomic E-state index is 9.91. The monoisotopic (exact) mass is 283 g/mol. The minimum absolute atomic E-state index is 0.258. The van der Waals surface area contributed by atoms with Gasteiger partial charge in [-0.1, -0.05) is 25.1 Å². The third-order valence-electron chi connectivity index (χ3n) is 3.89. The lowest BCUT2D eigenvalue weighted by atomic mass is 10.1. The van der Waals surface area contributed by atoms with Crippen molar-refractivity contribution in [3.63, 3.8) is 0 Å². The van der Waals surface area contributed by atoms with E-state index in [-0.39, 0.29) is 6.04 Å². The first kappa shape index (κ1) is 13.8. The zero-order valence-corrected chi connectivity index (χ0v) is 12.3. The average Bonchev–Trinajstić information content (AvgIpc) is 2.90. The molecule has 2 aromatic rings. The van der Waals surface area contributed by atoms with Crippen molar-refractivity contribution in [3.05, 3.63) is 53.6 Å². The largest absolute Gasteiger partial charge is 0.508 e. The summed E-state index contributed by atoms with van der Waals surface area (Å²) in [6.07, 6.45) is 2.94. The minimum atomic E-state index is 0.258. The third-order valence-corrected chi connectivity index (χ3v) is 3.89. The lowest BCUT2D eigenvalue weighted by Crippen LogP contribution is -2.07. The van der Waals surface area contributed by atoms with Crippen molar-refractivity contribution in [2.45, 2.75) is 32.2 Å². The molecular weight excluding hydrogens is 262 g/mol. The summed E-state index contributed by atoms with van der Waals surface area (Å²) < 4.78 is 5.67. The summed E-state index contributed by atoms with van der Waals surface area (Å²) in [5.74, 6) is 1.31. The van der Waals surface area contributed by atoms with Crippen LogP contribution in [0.5, 0.6) is 11.5 Å². The molecule has 0 radical (unpaired) electrons. The summed E-state index contributed by atoms with van der Waals surface area (Å²) in [5, 5.41) is 13.5. The summed E-state index contributed by atoms with van der Waals surface area (Å²) in [5.41, 5.74) is 3.34. The van der Waals surface area contributed by atoms with E-state index in [0.717, 1.165) is 42.9 Å². The highest BCUT2D eigenvalue weighted by atomic mass is 16.5. The fourth-order valence-electron chi connectivity index (χ4n) is 2.88. The molecule has 0 fully saturated rings. The van der Waals surface area contributed by atoms with Gasteiger partial charge in [0.2, 0.25) is 0 Å². The van der Waals surface area contributed by atoms with Crippen molar-refractivity contribution in [1.29, 1.82) is 0 Å². The van der Waals surface area contributed by atoms with Crippen molar-refractivity contribution in [2.75, 3.05) is 11.9 Å². The van der Waals surface area contributed by atoms with Crippen molar-refractivity contribution < 1.29 is 9.84 Å². The molecule has 2 N–H and O–H groups in total. The van der Waals surface area contributed by atoms with Crippen LogP contribution in [0.15, 0.2) is 42.5 Å². The Balaban J connectivity index is 1.75. The summed E-state index contributed by atoms with van der Waals surface area (Å²) in [6.45, 7) is 2.84. The van der Waals surface area contributed by atoms with E-state index in [9.17, 15) is 5.11 Å². The van der Waals surface area contributed by atoms with Gasteiger partial charge >= 0.3 is 0 Å². The van der Waals surface area contributed by atoms with Crippen molar-refractivity contribution in [3.8, 4) is 11.5 Å². The molecule has 1 aliphatic carbocycles. The SMILES string of the molecule is CCCOc1cccc(NC2CCc3c(O)cccc32)c1. The Kier molecular flexibility index (Phi) is 4.00. The van der Waals surface area contributed by atoms with E-state index in [0.29, 0.717) is 5.75 Å². The third kappa shape index (κ3) is 2.97. The van der Waals surface area contributed by atoms with Crippen LogP contribution >= 0.6 is 0 Å². The van der Waals surface area contributed by atoms with Gasteiger partial charge < -0.3 is 15.2 Å². The average molecular weight is 283 g/mol. The number of phenols is 1. The molecule has 0 saturated carbocycles. The molecule has 0 bridgehead atoms. The molecule has 110 valence electrons. The standard InChI is InChI=1S/C18H21NO2/c1-2-11-21-14-6-3-5-13(12-14)19-17-10-9-16-15(17)7-4-8-18(16)20/h3-8,12,17,19-20H,2,9-11H2,1H3. The molecule has 3 rings (SSSR count). The van der Waals surface area contributed by atoms with Crippen molar-refractivity contribution in [1.82, 2.24) is 0 Å². The van der Waals surface area contributed by atoms with Gasteiger partial charge in [-0.3, -0.25) is 0 Å². The number of ether oxygens (including phenoxy) is 1. The fourth-order valence-corrected chi connectivity index (χ4v) is 2.88. The summed E-state index contributed by atoms with van der Waals surface area (Å²) >= 11 is 0. The zero-order chi connectivity index (χ0) is 14.7. The number of anilines is 1. The van der Waals surface area contributed by atoms with Crippen LogP contribution < -0.4 is 10.1 Å². The molecule has 0 amide bonds. The van der Waals surface area contributed by atoms with Crippen molar-refractivity contribution in [2.24, 2.45) is 0 Å². The topological polar surface area (TPSA) is 41.5 Å². The molecule has 0 aliphatic heterocycles. The maximum Gasteiger partial charge on any atom is 0.121 e. The number of fused-ring (bicyclic) bond motifs is 1. The molecule has 0 heterocycles. The molecule has 0 saturated heterocycles. The van der Waals surface area contributed by atoms with Gasteiger partial charge in [0.15, 0.2) is 0 Å². The van der Waals surface area contributed by atoms with Crippen LogP contribution in [0.3, 0.4) is 0 Å². The molecule has 1 aliphatic rings. The van der Waals surface area contributed by atoms with E-state index in [4.69, 9.17) is 4.74 Å². The van der Waals surface area contributed by atoms with E-state index < -0.39 is 0 Å². The number of benzene rings is 2. The molecule has 2 aromatic carbocycles. The highest BCUT2D eigenvalue weighted by Gasteiger charge is 2.24. The van der Waals surface area contributed by atoms with Crippen LogP contribution in [-0.4, -0.2) is 11.7 Å². The first-order chi connectivity index (χ1) is 10.3. The van der Waals surface area contributed by atoms with Gasteiger partial charge in [-0.15, -0.1) is 0 Å². The molecule has 21 heavy (non-hydrogen) atoms. The van der Waals surface area contributed by atoms with E-state index in [2.05, 4.69) is 24.4 Å². The van der Waals surface area contributed by atoms with Gasteiger partial charge in [0.1, 0.15) is 11.5 Å². The predicted molar refractivity (Wildman–Crippen MR) is 85.0 cm³/mol. The number of rotatable bonds is 5. The van der Waals surface area contributed by atoms with Crippen LogP contribution in [0.4, 0.5) is 5.69 Å². The Morgan fingerprint density at radius 2 is 2.10 bits per heavy atom. The first-order valence-corrected chi connectivity index (χ1v) is 7.58. The van der Waals surface area contributed by atoms with E-state index >= 15 is 0 Å². The second-order valence-corrected chi connectivity index (χ2v) is 5.46. The Labute approximate surface area is 125 Å². The smallest absolute Gasteiger partial charge is 0.121 e. The first-order valence-electron chi connectivity index (χ1n) is 7.58. The van der Waals surface area contributed by atoms with E-state index in [1.54, 1.807) is 6.07 Å². The fraction of sp³-hybridized carbons (Fsp3) is 0.333. The van der Waals surface area contributed by atoms with Gasteiger partial charge in [0.05, 0.1) is 12.6 Å². The normalized spacial score (nSPS) is 16.5. The second kappa shape index (κ2) is 6.08. The number of nitrogens with one attached hydrogen (secondary N) is 1. The highest BCUT2D eigenvalue weighted by Crippen LogP contribution is 2.38. The number of hydrogen-bond acceptors (Lipinski definition) is 3. The summed E-state index contributed by atoms with van der Waals surface area (Å²) in [7, 11) is 0. The quantitative estimate of drug-likeness (QED) is 0.860. The Hall–Kier alpha value is -2.16. The minimum Gasteiger partial charge on any atom is -0.508 e. The highest BCUT2D eigenvalue weighted by molar-refractivity contribution is 5.53. The lowest BCUT2D eigenvalue weighted by Gasteiger charge is -2.16. The van der Waals surface area contributed by atoms with Gasteiger partial charge in [-0.25, -0.2) is 0 Å². The predicted octanol–water partition coefficient (Wildman–Crippen LogP) is 4.28. The Morgan fingerprint density at radius 3 is 2.95 bits per heavy atom. The van der Waals surface area contributed by atoms with E-state index in [1.165, 1.54) is 5.56 Å². The van der Waals surface area contributed by atoms with Crippen LogP contribution in [0.25, 0.3) is 0 Å². The molecule has 0 aromatic heterocycles. The molecule has 1 unspecified atom stereocenters. The van der Waals surface area contributed by atoms with E-state index in [1.807, 2.05) is 24.3 Å². The van der Waals surface area contributed by atoms with Gasteiger partial charge in [0.25, 0.3) is 0 Å². The molecular formula is C18H21NO2. The lowest BCUT2D eigenvalue weighted by molar-refractivity contribution is 0.317. The molecule has 3 heteroatoms. The van der Waals surface area contributed by atoms with Gasteiger partial charge in [-0.05, 0) is 48.6 Å². The zero-order valence-electron chi connectivity index (χ0n) is 12.3. The van der Waals surface area contributed by atoms with Crippen LogP contribution in [0.1, 0.15) is 36.9 Å². The summed E-state index contributed by atoms with van der Waals surface area (Å²) in [4.78, 5) is 0. The number of hydrogen-bond donors (Lipinski definition) is 2. The second-order valence-electron chi connectivity index (χ2n) is 5.46. The maximum absolute atomic E-state index is 9.91. The molecule has 3 nitrogen and oxygen atoms in total. The summed E-state index contributed by atoms with van der Waals surface area (Å²) in [6, 6.07) is 14.1. The van der Waals surface area contributed by atoms with Crippen LogP contribution in [0, 0.1) is 0 Å². The van der Waals surface area contributed by atoms with Crippen LogP contribution in [-0.2, 0) is 6.42 Å². The molecule has 0 spiro atoms. The Morgan fingerprint density at radius 1 is 1.24 bits per heavy atom. The van der Waals surface area contributed by atoms with Gasteiger partial charge in [-0.2, -0.15) is 0 Å². The Bertz CT molecular complexity index is 624. The molecule has 1 atom stereocenters. The number of phenolic OH excluding ortho intramolecular Hbond substituents is 1.